The Morgan fingerprint density at radius 1 is 0.895 bits per heavy atom. The summed E-state index contributed by atoms with van der Waals surface area (Å²) in [5, 5.41) is 14.6. The zero-order valence-corrected chi connectivity index (χ0v) is 21.2. The van der Waals surface area contributed by atoms with Gasteiger partial charge in [-0.3, -0.25) is 4.98 Å². The second-order valence-electron chi connectivity index (χ2n) is 9.02. The van der Waals surface area contributed by atoms with E-state index in [0.717, 1.165) is 62.6 Å². The van der Waals surface area contributed by atoms with Crippen LogP contribution in [-0.2, 0) is 6.54 Å². The molecule has 2 aromatic carbocycles. The third-order valence-electron chi connectivity index (χ3n) is 6.50. The Kier molecular flexibility index (Phi) is 6.27. The predicted octanol–water partition coefficient (Wildman–Crippen LogP) is 6.12. The van der Waals surface area contributed by atoms with Crippen molar-refractivity contribution in [2.45, 2.75) is 26.8 Å². The Bertz CT molecular complexity index is 1720. The first-order chi connectivity index (χ1) is 18.7. The number of allylic oxidation sites excluding steroid dienone is 1. The second kappa shape index (κ2) is 10.2. The standard InChI is InChI=1S/C30H26N8/c1-3-4-12-28-33-27-18-25(26-11-7-8-17-31-26)20(2)32-30(27)38(28)19-21-13-15-22(16-14-21)23-9-5-6-10-24(23)29-34-36-37-35-29/h4-18H,3,19H2,1-2H3,(H,34,35,36,37). The quantitative estimate of drug-likeness (QED) is 0.285. The van der Waals surface area contributed by atoms with Gasteiger partial charge >= 0.3 is 0 Å². The van der Waals surface area contributed by atoms with E-state index in [1.807, 2.05) is 43.3 Å². The number of pyridine rings is 2. The van der Waals surface area contributed by atoms with Gasteiger partial charge in [-0.15, -0.1) is 10.2 Å². The van der Waals surface area contributed by atoms with E-state index >= 15 is 0 Å². The Morgan fingerprint density at radius 3 is 2.45 bits per heavy atom. The van der Waals surface area contributed by atoms with Crippen molar-refractivity contribution in [3.63, 3.8) is 0 Å². The highest BCUT2D eigenvalue weighted by Crippen LogP contribution is 2.30. The summed E-state index contributed by atoms with van der Waals surface area (Å²) < 4.78 is 2.18. The number of nitrogens with one attached hydrogen (secondary N) is 1. The molecule has 0 amide bonds. The number of aromatic amines is 1. The summed E-state index contributed by atoms with van der Waals surface area (Å²) in [4.78, 5) is 14.4. The summed E-state index contributed by atoms with van der Waals surface area (Å²) >= 11 is 0. The SMILES string of the molecule is CCC=Cc1nc2cc(-c3ccccn3)c(C)nc2n1Cc1ccc(-c2ccccc2-c2nn[nH]n2)cc1. The number of fused-ring (bicyclic) bond motifs is 1. The summed E-state index contributed by atoms with van der Waals surface area (Å²) in [6.07, 6.45) is 6.94. The van der Waals surface area contributed by atoms with Crippen LogP contribution in [0.4, 0.5) is 0 Å². The third-order valence-corrected chi connectivity index (χ3v) is 6.50. The van der Waals surface area contributed by atoms with Gasteiger partial charge in [0.1, 0.15) is 11.3 Å². The largest absolute Gasteiger partial charge is 0.305 e. The molecule has 1 N–H and O–H groups in total. The smallest absolute Gasteiger partial charge is 0.205 e. The first-order valence-corrected chi connectivity index (χ1v) is 12.6. The van der Waals surface area contributed by atoms with Crippen LogP contribution in [0.5, 0.6) is 0 Å². The molecule has 0 fully saturated rings. The maximum atomic E-state index is 4.99. The van der Waals surface area contributed by atoms with Gasteiger partial charge in [-0.2, -0.15) is 5.21 Å². The van der Waals surface area contributed by atoms with E-state index in [2.05, 4.69) is 85.6 Å². The summed E-state index contributed by atoms with van der Waals surface area (Å²) in [7, 11) is 0. The molecule has 38 heavy (non-hydrogen) atoms. The molecule has 0 saturated carbocycles. The first kappa shape index (κ1) is 23.4. The molecule has 0 aliphatic rings. The first-order valence-electron chi connectivity index (χ1n) is 12.6. The van der Waals surface area contributed by atoms with Crippen LogP contribution in [0.3, 0.4) is 0 Å². The van der Waals surface area contributed by atoms with Crippen LogP contribution >= 0.6 is 0 Å². The van der Waals surface area contributed by atoms with E-state index in [9.17, 15) is 0 Å². The van der Waals surface area contributed by atoms with Crippen LogP contribution in [0, 0.1) is 6.92 Å². The summed E-state index contributed by atoms with van der Waals surface area (Å²) in [6, 6.07) is 24.6. The average Bonchev–Trinajstić information content (AvgIpc) is 3.61. The van der Waals surface area contributed by atoms with Gasteiger partial charge in [0, 0.05) is 23.0 Å². The number of aromatic nitrogens is 8. The van der Waals surface area contributed by atoms with E-state index in [1.165, 1.54) is 0 Å². The van der Waals surface area contributed by atoms with Gasteiger partial charge in [0.2, 0.25) is 5.82 Å². The van der Waals surface area contributed by atoms with Crippen molar-refractivity contribution in [3.8, 4) is 33.8 Å². The molecule has 186 valence electrons. The van der Waals surface area contributed by atoms with Crippen LogP contribution in [0.2, 0.25) is 0 Å². The van der Waals surface area contributed by atoms with E-state index < -0.39 is 0 Å². The molecule has 0 aliphatic carbocycles. The van der Waals surface area contributed by atoms with Gasteiger partial charge in [-0.25, -0.2) is 9.97 Å². The summed E-state index contributed by atoms with van der Waals surface area (Å²) in [5.41, 5.74) is 8.78. The number of H-pyrrole nitrogens is 1. The maximum absolute atomic E-state index is 4.99. The minimum Gasteiger partial charge on any atom is -0.305 e. The molecule has 0 bridgehead atoms. The predicted molar refractivity (Wildman–Crippen MR) is 149 cm³/mol. The van der Waals surface area contributed by atoms with Crippen LogP contribution in [0.1, 0.15) is 30.4 Å². The Hall–Kier alpha value is -4.98. The molecule has 4 aromatic heterocycles. The highest BCUT2D eigenvalue weighted by molar-refractivity contribution is 5.82. The van der Waals surface area contributed by atoms with Gasteiger partial charge in [0.15, 0.2) is 5.65 Å². The van der Waals surface area contributed by atoms with Crippen LogP contribution in [-0.4, -0.2) is 40.1 Å². The fraction of sp³-hybridized carbons (Fsp3) is 0.133. The molecular formula is C30H26N8. The Labute approximate surface area is 220 Å². The summed E-state index contributed by atoms with van der Waals surface area (Å²) in [5.74, 6) is 1.46. The zero-order valence-electron chi connectivity index (χ0n) is 21.2. The van der Waals surface area contributed by atoms with Crippen molar-refractivity contribution in [3.05, 3.63) is 102 Å². The second-order valence-corrected chi connectivity index (χ2v) is 9.02. The molecule has 8 heteroatoms. The molecule has 8 nitrogen and oxygen atoms in total. The lowest BCUT2D eigenvalue weighted by molar-refractivity contribution is 0.802. The lowest BCUT2D eigenvalue weighted by atomic mass is 9.98. The highest BCUT2D eigenvalue weighted by Gasteiger charge is 2.16. The van der Waals surface area contributed by atoms with E-state index in [4.69, 9.17) is 9.97 Å². The Balaban J connectivity index is 1.37. The van der Waals surface area contributed by atoms with E-state index in [1.54, 1.807) is 6.20 Å². The maximum Gasteiger partial charge on any atom is 0.205 e. The number of hydrogen-bond acceptors (Lipinski definition) is 6. The van der Waals surface area contributed by atoms with Crippen molar-refractivity contribution in [2.75, 3.05) is 0 Å². The minimum atomic E-state index is 0.577. The molecular weight excluding hydrogens is 472 g/mol. The van der Waals surface area contributed by atoms with Gasteiger partial charge in [-0.05, 0) is 59.5 Å². The summed E-state index contributed by atoms with van der Waals surface area (Å²) in [6.45, 7) is 4.80. The fourth-order valence-corrected chi connectivity index (χ4v) is 4.62. The molecule has 0 radical (unpaired) electrons. The zero-order chi connectivity index (χ0) is 25.9. The lowest BCUT2D eigenvalue weighted by Gasteiger charge is -2.11. The number of tetrazole rings is 1. The molecule has 0 atom stereocenters. The number of rotatable bonds is 7. The van der Waals surface area contributed by atoms with Crippen molar-refractivity contribution >= 4 is 17.2 Å². The number of aryl methyl sites for hydroxylation is 1. The van der Waals surface area contributed by atoms with Crippen molar-refractivity contribution in [1.29, 1.82) is 0 Å². The Morgan fingerprint density at radius 2 is 1.71 bits per heavy atom. The van der Waals surface area contributed by atoms with Crippen molar-refractivity contribution in [2.24, 2.45) is 0 Å². The molecule has 6 aromatic rings. The minimum absolute atomic E-state index is 0.577. The van der Waals surface area contributed by atoms with Gasteiger partial charge in [0.25, 0.3) is 0 Å². The molecule has 4 heterocycles. The van der Waals surface area contributed by atoms with Gasteiger partial charge in [0.05, 0.1) is 12.2 Å². The van der Waals surface area contributed by atoms with Crippen LogP contribution in [0.25, 0.3) is 51.0 Å². The molecule has 0 unspecified atom stereocenters. The normalized spacial score (nSPS) is 11.5. The fourth-order valence-electron chi connectivity index (χ4n) is 4.62. The van der Waals surface area contributed by atoms with E-state index in [0.29, 0.717) is 12.4 Å². The monoisotopic (exact) mass is 498 g/mol. The third kappa shape index (κ3) is 4.48. The average molecular weight is 499 g/mol. The van der Waals surface area contributed by atoms with Gasteiger partial charge < -0.3 is 4.57 Å². The molecule has 0 spiro atoms. The topological polar surface area (TPSA) is 98.1 Å². The van der Waals surface area contributed by atoms with E-state index in [-0.39, 0.29) is 0 Å². The van der Waals surface area contributed by atoms with Crippen LogP contribution < -0.4 is 0 Å². The number of imidazole rings is 1. The number of benzene rings is 2. The van der Waals surface area contributed by atoms with Crippen molar-refractivity contribution < 1.29 is 0 Å². The highest BCUT2D eigenvalue weighted by atomic mass is 15.5. The van der Waals surface area contributed by atoms with Crippen molar-refractivity contribution in [1.82, 2.24) is 40.1 Å². The number of hydrogen-bond donors (Lipinski definition) is 1. The molecule has 0 saturated heterocycles. The molecule has 6 rings (SSSR count). The lowest BCUT2D eigenvalue weighted by Crippen LogP contribution is -2.04. The van der Waals surface area contributed by atoms with Gasteiger partial charge in [-0.1, -0.05) is 67.6 Å². The van der Waals surface area contributed by atoms with Crippen LogP contribution in [0.15, 0.2) is 85.1 Å². The number of nitrogens with zero attached hydrogens (tertiary/aromatic N) is 7. The molecule has 0 aliphatic heterocycles.